The van der Waals surface area contributed by atoms with E-state index in [1.807, 2.05) is 0 Å². The fourth-order valence-electron chi connectivity index (χ4n) is 2.45. The minimum absolute atomic E-state index is 0.0441. The lowest BCUT2D eigenvalue weighted by Crippen LogP contribution is -2.16. The molecule has 0 atom stereocenters. The number of carbonyl (C=O) groups is 1. The molecule has 0 spiro atoms. The van der Waals surface area contributed by atoms with E-state index in [4.69, 9.17) is 17.3 Å². The van der Waals surface area contributed by atoms with Crippen LogP contribution in [0.15, 0.2) is 18.2 Å². The first kappa shape index (κ1) is 19.1. The Balaban J connectivity index is 2.29. The molecule has 0 aliphatic rings. The van der Waals surface area contributed by atoms with Crippen molar-refractivity contribution in [2.45, 2.75) is 32.4 Å². The van der Waals surface area contributed by atoms with Crippen LogP contribution in [0.3, 0.4) is 0 Å². The summed E-state index contributed by atoms with van der Waals surface area (Å²) >= 11 is 7.77. The molecule has 0 bridgehead atoms. The van der Waals surface area contributed by atoms with Crippen LogP contribution in [-0.4, -0.2) is 10.8 Å². The smallest absolute Gasteiger partial charge is 0.397 e. The Hall–Kier alpha value is -1.64. The number of fused-ring (bicyclic) bond motifs is 1. The van der Waals surface area contributed by atoms with Crippen LogP contribution in [-0.2, 0) is 11.6 Å². The summed E-state index contributed by atoms with van der Waals surface area (Å²) in [7, 11) is 0. The van der Waals surface area contributed by atoms with E-state index in [1.165, 1.54) is 6.07 Å². The Kier molecular flexibility index (Phi) is 4.57. The second-order valence-electron chi connectivity index (χ2n) is 6.76. The zero-order chi connectivity index (χ0) is 19.4. The molecule has 0 saturated carbocycles. The first-order chi connectivity index (χ1) is 11.9. The Morgan fingerprint density at radius 2 is 1.85 bits per heavy atom. The highest BCUT2D eigenvalue weighted by atomic mass is 35.5. The summed E-state index contributed by atoms with van der Waals surface area (Å²) in [5.74, 6) is -0.451. The van der Waals surface area contributed by atoms with Gasteiger partial charge in [-0.3, -0.25) is 4.79 Å². The monoisotopic (exact) mass is 418 g/mol. The van der Waals surface area contributed by atoms with Gasteiger partial charge in [0.25, 0.3) is 0 Å². The van der Waals surface area contributed by atoms with Gasteiger partial charge in [0.15, 0.2) is 0 Å². The molecular weight excluding hydrogens is 405 g/mol. The topological polar surface area (TPSA) is 56.0 Å². The molecule has 0 aliphatic heterocycles. The molecule has 0 unspecified atom stereocenters. The number of hydrogen-bond donors (Lipinski definition) is 1. The number of nitrogens with zero attached hydrogens (tertiary/aromatic N) is 1. The molecule has 0 fully saturated rings. The van der Waals surface area contributed by atoms with E-state index >= 15 is 0 Å². The van der Waals surface area contributed by atoms with E-state index in [-0.39, 0.29) is 26.5 Å². The number of anilines is 1. The largest absolute Gasteiger partial charge is 0.417 e. The van der Waals surface area contributed by atoms with Gasteiger partial charge in [-0.25, -0.2) is 4.98 Å². The Morgan fingerprint density at radius 3 is 2.35 bits per heavy atom. The van der Waals surface area contributed by atoms with E-state index in [1.54, 1.807) is 26.8 Å². The van der Waals surface area contributed by atoms with Crippen LogP contribution < -0.4 is 5.73 Å². The molecule has 3 rings (SSSR count). The Bertz CT molecular complexity index is 1020. The predicted molar refractivity (Wildman–Crippen MR) is 100 cm³/mol. The maximum Gasteiger partial charge on any atom is 0.417 e. The van der Waals surface area contributed by atoms with Gasteiger partial charge in [-0.2, -0.15) is 13.2 Å². The summed E-state index contributed by atoms with van der Waals surface area (Å²) in [5.41, 5.74) is 4.60. The number of hydrogen-bond acceptors (Lipinski definition) is 5. The number of halogens is 4. The number of nitrogen functional groups attached to an aromatic ring is 1. The summed E-state index contributed by atoms with van der Waals surface area (Å²) in [6, 6.07) is 4.10. The Morgan fingerprint density at radius 1 is 1.19 bits per heavy atom. The van der Waals surface area contributed by atoms with Crippen molar-refractivity contribution < 1.29 is 18.0 Å². The molecule has 0 aromatic carbocycles. The van der Waals surface area contributed by atoms with Crippen molar-refractivity contribution >= 4 is 56.0 Å². The molecule has 3 nitrogen and oxygen atoms in total. The summed E-state index contributed by atoms with van der Waals surface area (Å²) in [4.78, 5) is 17.5. The van der Waals surface area contributed by atoms with E-state index in [2.05, 4.69) is 4.98 Å². The standard InChI is InChI=1S/C17H14ClF3N2OS2/c1-16(2,3)9-6-7(17(19,20)21)11-12(22)14(26-15(11)23-9)13(24)8-4-5-10(18)25-8/h4-6H,22H2,1-3H3. The van der Waals surface area contributed by atoms with Gasteiger partial charge >= 0.3 is 6.18 Å². The average Bonchev–Trinajstić information content (AvgIpc) is 3.08. The SMILES string of the molecule is CC(C)(C)c1cc(C(F)(F)F)c2c(N)c(C(=O)c3ccc(Cl)s3)sc2n1. The van der Waals surface area contributed by atoms with Crippen molar-refractivity contribution in [3.8, 4) is 0 Å². The van der Waals surface area contributed by atoms with Gasteiger partial charge < -0.3 is 5.73 Å². The fraction of sp³-hybridized carbons (Fsp3) is 0.294. The minimum Gasteiger partial charge on any atom is -0.397 e. The van der Waals surface area contributed by atoms with E-state index in [0.29, 0.717) is 9.21 Å². The fourth-order valence-corrected chi connectivity index (χ4v) is 4.57. The van der Waals surface area contributed by atoms with Gasteiger partial charge in [0.2, 0.25) is 5.78 Å². The molecule has 9 heteroatoms. The lowest BCUT2D eigenvalue weighted by Gasteiger charge is -2.20. The van der Waals surface area contributed by atoms with Gasteiger partial charge in [0.1, 0.15) is 9.71 Å². The predicted octanol–water partition coefficient (Wildman–Crippen LogP) is 6.14. The molecule has 3 heterocycles. The van der Waals surface area contributed by atoms with Crippen molar-refractivity contribution in [2.24, 2.45) is 0 Å². The highest BCUT2D eigenvalue weighted by Crippen LogP contribution is 2.44. The lowest BCUT2D eigenvalue weighted by atomic mass is 9.90. The number of carbonyl (C=O) groups excluding carboxylic acids is 1. The van der Waals surface area contributed by atoms with Gasteiger partial charge in [-0.05, 0) is 18.2 Å². The highest BCUT2D eigenvalue weighted by molar-refractivity contribution is 7.23. The zero-order valence-electron chi connectivity index (χ0n) is 14.0. The summed E-state index contributed by atoms with van der Waals surface area (Å²) in [6.45, 7) is 5.33. The third-order valence-corrected chi connectivity index (χ3v) is 6.10. The van der Waals surface area contributed by atoms with Gasteiger partial charge in [0, 0.05) is 16.5 Å². The van der Waals surface area contributed by atoms with E-state index in [0.717, 1.165) is 28.7 Å². The van der Waals surface area contributed by atoms with Crippen LogP contribution in [0.4, 0.5) is 18.9 Å². The van der Waals surface area contributed by atoms with Crippen LogP contribution >= 0.6 is 34.3 Å². The van der Waals surface area contributed by atoms with Crippen LogP contribution in [0.1, 0.15) is 46.6 Å². The molecule has 138 valence electrons. The number of pyridine rings is 1. The first-order valence-electron chi connectivity index (χ1n) is 7.50. The molecule has 3 aromatic heterocycles. The number of nitrogens with two attached hydrogens (primary N) is 1. The molecule has 3 aromatic rings. The minimum atomic E-state index is -4.61. The number of thiophene rings is 2. The van der Waals surface area contributed by atoms with Crippen molar-refractivity contribution in [1.82, 2.24) is 4.98 Å². The van der Waals surface area contributed by atoms with Crippen molar-refractivity contribution in [3.63, 3.8) is 0 Å². The molecular formula is C17H14ClF3N2OS2. The van der Waals surface area contributed by atoms with Gasteiger partial charge in [-0.15, -0.1) is 22.7 Å². The van der Waals surface area contributed by atoms with Gasteiger partial charge in [0.05, 0.1) is 20.5 Å². The third kappa shape index (κ3) is 3.33. The number of alkyl halides is 3. The summed E-state index contributed by atoms with van der Waals surface area (Å²) < 4.78 is 41.3. The average molecular weight is 419 g/mol. The maximum absolute atomic E-state index is 13.6. The quantitative estimate of drug-likeness (QED) is 0.508. The number of aromatic nitrogens is 1. The van der Waals surface area contributed by atoms with Gasteiger partial charge in [-0.1, -0.05) is 32.4 Å². The summed E-state index contributed by atoms with van der Waals surface area (Å²) in [6.07, 6.45) is -4.61. The molecule has 0 aliphatic carbocycles. The molecule has 0 radical (unpaired) electrons. The third-order valence-electron chi connectivity index (χ3n) is 3.78. The van der Waals surface area contributed by atoms with E-state index < -0.39 is 22.9 Å². The second-order valence-corrected chi connectivity index (χ2v) is 9.47. The molecule has 2 N–H and O–H groups in total. The zero-order valence-corrected chi connectivity index (χ0v) is 16.4. The number of rotatable bonds is 2. The van der Waals surface area contributed by atoms with Crippen LogP contribution in [0, 0.1) is 0 Å². The molecule has 0 saturated heterocycles. The maximum atomic E-state index is 13.6. The number of ketones is 1. The highest BCUT2D eigenvalue weighted by Gasteiger charge is 2.37. The van der Waals surface area contributed by atoms with E-state index in [9.17, 15) is 18.0 Å². The van der Waals surface area contributed by atoms with Crippen molar-refractivity contribution in [1.29, 1.82) is 0 Å². The molecule has 0 amide bonds. The normalized spacial score (nSPS) is 12.7. The van der Waals surface area contributed by atoms with Crippen LogP contribution in [0.5, 0.6) is 0 Å². The van der Waals surface area contributed by atoms with Crippen LogP contribution in [0.25, 0.3) is 10.2 Å². The lowest BCUT2D eigenvalue weighted by molar-refractivity contribution is -0.136. The summed E-state index contributed by atoms with van der Waals surface area (Å²) in [5, 5.41) is -0.221. The van der Waals surface area contributed by atoms with Crippen molar-refractivity contribution in [2.75, 3.05) is 5.73 Å². The molecule has 26 heavy (non-hydrogen) atoms. The van der Waals surface area contributed by atoms with Crippen molar-refractivity contribution in [3.05, 3.63) is 43.5 Å². The second kappa shape index (κ2) is 6.21. The Labute approximate surface area is 160 Å². The first-order valence-corrected chi connectivity index (χ1v) is 9.51. The van der Waals surface area contributed by atoms with Crippen LogP contribution in [0.2, 0.25) is 4.34 Å².